The average Bonchev–Trinajstić information content (AvgIpc) is 3.55. The highest BCUT2D eigenvalue weighted by Crippen LogP contribution is 2.17. The summed E-state index contributed by atoms with van der Waals surface area (Å²) in [6.07, 6.45) is 96.7. The number of carboxylic acids is 1. The SMILES string of the molecule is CC/C=C\C/C=C\C/C=C\C/C=C\C/C=C\C/C=C\C/C=C\C/C=C\C/C=C\C/C=C\C/C=C\C/C=C\CCCCCCC(=O)OC(COC(=O)CCCCCCCCCCCCCCCCCCCCCCCC)COC(OCC[N+](C)(C)C)C(=O)O. The third-order valence-corrected chi connectivity index (χ3v) is 14.9. The third-order valence-electron chi connectivity index (χ3n) is 14.9. The second-order valence-electron chi connectivity index (χ2n) is 24.5. The summed E-state index contributed by atoms with van der Waals surface area (Å²) < 4.78 is 22.9. The molecule has 0 aromatic carbocycles. The fourth-order valence-corrected chi connectivity index (χ4v) is 9.47. The van der Waals surface area contributed by atoms with Crippen molar-refractivity contribution in [3.05, 3.63) is 146 Å². The summed E-state index contributed by atoms with van der Waals surface area (Å²) in [6, 6.07) is 0. The topological polar surface area (TPSA) is 108 Å². The number of nitrogens with zero attached hydrogens (tertiary/aromatic N) is 1. The lowest BCUT2D eigenvalue weighted by molar-refractivity contribution is -0.870. The van der Waals surface area contributed by atoms with Gasteiger partial charge in [-0.15, -0.1) is 0 Å². The number of rotatable bonds is 64. The maximum atomic E-state index is 12.9. The number of carbonyl (C=O) groups excluding carboxylic acids is 2. The van der Waals surface area contributed by atoms with Crippen LogP contribution in [-0.4, -0.2) is 87.4 Å². The molecule has 0 heterocycles. The standard InChI is InChI=1S/C79H131NO8/c1-6-8-10-12-14-16-18-20-22-24-26-28-30-31-32-33-34-35-36-37-38-39-40-41-42-43-44-45-46-47-48-50-52-54-56-58-60-62-64-66-68-70-77(82)88-75(74-87-79(78(83)84)85-72-71-80(3,4)5)73-86-76(81)69-67-65-63-61-59-57-55-53-51-49-29-27-25-23-21-19-17-15-13-11-9-7-2/h8,10,14,16,20,22,26,28,31-32,34-35,37-38,40-41,43-44,46-47,50,52,56,58,75,79H,6-7,9,11-13,15,17-19,21,23-25,27,29-30,33,36,39,42,45,48-49,51,53-55,57,59-74H2,1-5H3/p+1/b10-8-,16-14-,22-20-,28-26-,32-31-,35-34-,38-37-,41-40-,44-43-,47-46-,52-50-,58-56-. The number of hydrogen-bond acceptors (Lipinski definition) is 7. The zero-order chi connectivity index (χ0) is 64.0. The van der Waals surface area contributed by atoms with Crippen molar-refractivity contribution in [2.45, 2.75) is 289 Å². The summed E-state index contributed by atoms with van der Waals surface area (Å²) in [7, 11) is 5.96. The van der Waals surface area contributed by atoms with Gasteiger partial charge in [0.2, 0.25) is 0 Å². The van der Waals surface area contributed by atoms with Crippen molar-refractivity contribution in [2.75, 3.05) is 47.5 Å². The van der Waals surface area contributed by atoms with Gasteiger partial charge in [0.25, 0.3) is 6.29 Å². The predicted octanol–water partition coefficient (Wildman–Crippen LogP) is 22.3. The number of likely N-dealkylation sites (N-methyl/N-ethyl adjacent to an activating group) is 1. The summed E-state index contributed by atoms with van der Waals surface area (Å²) in [5, 5.41) is 9.74. The number of ether oxygens (including phenoxy) is 4. The van der Waals surface area contributed by atoms with Crippen LogP contribution in [0.5, 0.6) is 0 Å². The first-order valence-electron chi connectivity index (χ1n) is 35.5. The van der Waals surface area contributed by atoms with Crippen molar-refractivity contribution in [1.82, 2.24) is 0 Å². The molecule has 9 heteroatoms. The summed E-state index contributed by atoms with van der Waals surface area (Å²) >= 11 is 0. The van der Waals surface area contributed by atoms with Gasteiger partial charge in [0, 0.05) is 12.8 Å². The largest absolute Gasteiger partial charge is 0.477 e. The summed E-state index contributed by atoms with van der Waals surface area (Å²) in [5.74, 6) is -2.04. The Kier molecular flexibility index (Phi) is 64.4. The molecule has 0 aromatic heterocycles. The van der Waals surface area contributed by atoms with Crippen molar-refractivity contribution in [1.29, 1.82) is 0 Å². The number of carbonyl (C=O) groups is 3. The van der Waals surface area contributed by atoms with Crippen molar-refractivity contribution < 1.29 is 42.9 Å². The Morgan fingerprint density at radius 2 is 0.648 bits per heavy atom. The highest BCUT2D eigenvalue weighted by Gasteiger charge is 2.25. The van der Waals surface area contributed by atoms with Gasteiger partial charge in [0.1, 0.15) is 13.2 Å². The van der Waals surface area contributed by atoms with Crippen LogP contribution in [0.2, 0.25) is 0 Å². The zero-order valence-corrected chi connectivity index (χ0v) is 57.1. The molecule has 2 atom stereocenters. The molecular formula is C79H132NO8+. The Bertz CT molecular complexity index is 1960. The molecular weight excluding hydrogens is 1090 g/mol. The van der Waals surface area contributed by atoms with Crippen LogP contribution in [0.1, 0.15) is 277 Å². The van der Waals surface area contributed by atoms with Gasteiger partial charge in [-0.25, -0.2) is 4.79 Å². The molecule has 0 aliphatic carbocycles. The fourth-order valence-electron chi connectivity index (χ4n) is 9.47. The third kappa shape index (κ3) is 68.7. The van der Waals surface area contributed by atoms with E-state index < -0.39 is 24.3 Å². The number of carboxylic acid groups (broad SMARTS) is 1. The molecule has 1 N–H and O–H groups in total. The van der Waals surface area contributed by atoms with E-state index in [4.69, 9.17) is 18.9 Å². The molecule has 0 saturated heterocycles. The minimum absolute atomic E-state index is 0.177. The molecule has 0 spiro atoms. The predicted molar refractivity (Wildman–Crippen MR) is 377 cm³/mol. The van der Waals surface area contributed by atoms with Crippen LogP contribution in [0.3, 0.4) is 0 Å². The second kappa shape index (κ2) is 68.1. The molecule has 500 valence electrons. The van der Waals surface area contributed by atoms with E-state index in [-0.39, 0.29) is 32.2 Å². The molecule has 88 heavy (non-hydrogen) atoms. The smallest absolute Gasteiger partial charge is 0.361 e. The lowest BCUT2D eigenvalue weighted by atomic mass is 10.0. The van der Waals surface area contributed by atoms with Crippen LogP contribution in [0.4, 0.5) is 0 Å². The maximum Gasteiger partial charge on any atom is 0.361 e. The Morgan fingerprint density at radius 3 is 0.966 bits per heavy atom. The van der Waals surface area contributed by atoms with Gasteiger partial charge < -0.3 is 28.5 Å². The van der Waals surface area contributed by atoms with Crippen LogP contribution in [0.15, 0.2) is 146 Å². The quantitative estimate of drug-likeness (QED) is 0.0211. The van der Waals surface area contributed by atoms with E-state index in [2.05, 4.69) is 160 Å². The number of allylic oxidation sites excluding steroid dienone is 24. The van der Waals surface area contributed by atoms with Crippen LogP contribution in [0, 0.1) is 0 Å². The molecule has 0 saturated carbocycles. The molecule has 0 aliphatic rings. The lowest BCUT2D eigenvalue weighted by Crippen LogP contribution is -2.40. The molecule has 0 radical (unpaired) electrons. The van der Waals surface area contributed by atoms with E-state index in [1.54, 1.807) is 0 Å². The Balaban J connectivity index is 4.22. The van der Waals surface area contributed by atoms with Gasteiger partial charge in [-0.1, -0.05) is 307 Å². The Morgan fingerprint density at radius 1 is 0.352 bits per heavy atom. The fraction of sp³-hybridized carbons (Fsp3) is 0.658. The summed E-state index contributed by atoms with van der Waals surface area (Å²) in [5.41, 5.74) is 0. The number of quaternary nitrogens is 1. The summed E-state index contributed by atoms with van der Waals surface area (Å²) in [4.78, 5) is 37.6. The number of hydrogen-bond donors (Lipinski definition) is 1. The lowest BCUT2D eigenvalue weighted by Gasteiger charge is -2.25. The van der Waals surface area contributed by atoms with E-state index in [0.717, 1.165) is 122 Å². The van der Waals surface area contributed by atoms with E-state index in [0.29, 0.717) is 23.9 Å². The van der Waals surface area contributed by atoms with E-state index in [1.807, 2.05) is 21.1 Å². The van der Waals surface area contributed by atoms with Crippen LogP contribution >= 0.6 is 0 Å². The highest BCUT2D eigenvalue weighted by molar-refractivity contribution is 5.71. The monoisotopic (exact) mass is 1220 g/mol. The minimum Gasteiger partial charge on any atom is -0.477 e. The van der Waals surface area contributed by atoms with E-state index in [1.165, 1.54) is 122 Å². The van der Waals surface area contributed by atoms with Crippen molar-refractivity contribution in [3.63, 3.8) is 0 Å². The summed E-state index contributed by atoms with van der Waals surface area (Å²) in [6.45, 7) is 4.75. The van der Waals surface area contributed by atoms with Gasteiger partial charge >= 0.3 is 17.9 Å². The Hall–Kier alpha value is -4.83. The highest BCUT2D eigenvalue weighted by atomic mass is 16.7. The van der Waals surface area contributed by atoms with Gasteiger partial charge in [-0.05, 0) is 103 Å². The van der Waals surface area contributed by atoms with Crippen molar-refractivity contribution >= 4 is 17.9 Å². The zero-order valence-electron chi connectivity index (χ0n) is 57.1. The number of aliphatic carboxylic acids is 1. The minimum atomic E-state index is -1.53. The average molecular weight is 1220 g/mol. The maximum absolute atomic E-state index is 12.9. The normalized spacial score (nSPS) is 13.6. The van der Waals surface area contributed by atoms with Crippen molar-refractivity contribution in [2.24, 2.45) is 0 Å². The number of unbranched alkanes of at least 4 members (excludes halogenated alkanes) is 25. The first-order valence-corrected chi connectivity index (χ1v) is 35.5. The van der Waals surface area contributed by atoms with Crippen LogP contribution in [-0.2, 0) is 33.3 Å². The molecule has 9 nitrogen and oxygen atoms in total. The molecule has 0 bridgehead atoms. The van der Waals surface area contributed by atoms with Gasteiger partial charge in [-0.3, -0.25) is 9.59 Å². The molecule has 0 amide bonds. The Labute approximate surface area is 541 Å². The van der Waals surface area contributed by atoms with E-state index >= 15 is 0 Å². The molecule has 0 aliphatic heterocycles. The first-order chi connectivity index (χ1) is 43.1. The molecule has 2 unspecified atom stereocenters. The van der Waals surface area contributed by atoms with Crippen molar-refractivity contribution in [3.8, 4) is 0 Å². The van der Waals surface area contributed by atoms with Gasteiger partial charge in [0.15, 0.2) is 6.10 Å². The second-order valence-corrected chi connectivity index (χ2v) is 24.5. The molecule has 0 aromatic rings. The van der Waals surface area contributed by atoms with Crippen LogP contribution < -0.4 is 0 Å². The molecule has 0 rings (SSSR count). The van der Waals surface area contributed by atoms with E-state index in [9.17, 15) is 19.5 Å². The number of esters is 2. The first kappa shape index (κ1) is 83.2. The molecule has 0 fully saturated rings. The van der Waals surface area contributed by atoms with Gasteiger partial charge in [0.05, 0.1) is 34.4 Å². The van der Waals surface area contributed by atoms with Crippen LogP contribution in [0.25, 0.3) is 0 Å². The van der Waals surface area contributed by atoms with Gasteiger partial charge in [-0.2, -0.15) is 0 Å².